The number of imidazole rings is 1. The first-order valence-electron chi connectivity index (χ1n) is 9.72. The Balaban J connectivity index is 1.45. The lowest BCUT2D eigenvalue weighted by Crippen LogP contribution is -2.43. The third-order valence-electron chi connectivity index (χ3n) is 5.19. The van der Waals surface area contributed by atoms with Crippen LogP contribution >= 0.6 is 0 Å². The van der Waals surface area contributed by atoms with E-state index in [1.807, 2.05) is 30.2 Å². The Hall–Kier alpha value is -3.22. The molecule has 1 atom stereocenters. The first-order valence-corrected chi connectivity index (χ1v) is 9.72. The maximum atomic E-state index is 13.0. The van der Waals surface area contributed by atoms with Gasteiger partial charge in [0.25, 0.3) is 5.91 Å². The van der Waals surface area contributed by atoms with Gasteiger partial charge in [-0.25, -0.2) is 9.37 Å². The van der Waals surface area contributed by atoms with Crippen molar-refractivity contribution in [2.45, 2.75) is 25.8 Å². The number of pyridine rings is 1. The number of halogens is 1. The van der Waals surface area contributed by atoms with E-state index < -0.39 is 0 Å². The summed E-state index contributed by atoms with van der Waals surface area (Å²) < 4.78 is 20.7. The summed E-state index contributed by atoms with van der Waals surface area (Å²) in [6, 6.07) is 9.72. The second-order valence-corrected chi connectivity index (χ2v) is 7.21. The molecule has 1 amide bonds. The summed E-state index contributed by atoms with van der Waals surface area (Å²) in [4.78, 5) is 23.3. The standard InChI is InChI=1S/C22H23FN4O2/c1-16-12-25-22(17-4-2-10-24-13-17)27(16)19-5-3-11-26(14-19)21(28)15-29-20-8-6-18(23)7-9-20/h2,4,6-10,12-13,19H,3,5,11,14-15H2,1H3. The van der Waals surface area contributed by atoms with Gasteiger partial charge in [-0.15, -0.1) is 0 Å². The molecule has 1 aliphatic rings. The molecular weight excluding hydrogens is 371 g/mol. The maximum absolute atomic E-state index is 13.0. The van der Waals surface area contributed by atoms with Crippen LogP contribution in [0.4, 0.5) is 4.39 Å². The first kappa shape index (κ1) is 19.1. The highest BCUT2D eigenvalue weighted by molar-refractivity contribution is 5.78. The van der Waals surface area contributed by atoms with E-state index in [2.05, 4.69) is 14.5 Å². The number of aryl methyl sites for hydroxylation is 1. The van der Waals surface area contributed by atoms with Crippen LogP contribution in [0.3, 0.4) is 0 Å². The molecule has 6 nitrogen and oxygen atoms in total. The summed E-state index contributed by atoms with van der Waals surface area (Å²) in [7, 11) is 0. The third kappa shape index (κ3) is 4.29. The van der Waals surface area contributed by atoms with Crippen LogP contribution in [0.15, 0.2) is 55.0 Å². The minimum absolute atomic E-state index is 0.0588. The SMILES string of the molecule is Cc1cnc(-c2cccnc2)n1C1CCCN(C(=O)COc2ccc(F)cc2)C1. The summed E-state index contributed by atoms with van der Waals surface area (Å²) in [5.74, 6) is 0.956. The van der Waals surface area contributed by atoms with Gasteiger partial charge in [-0.05, 0) is 56.2 Å². The second-order valence-electron chi connectivity index (χ2n) is 7.21. The molecule has 4 rings (SSSR count). The van der Waals surface area contributed by atoms with Crippen molar-refractivity contribution in [1.82, 2.24) is 19.4 Å². The molecule has 1 aromatic carbocycles. The molecule has 7 heteroatoms. The highest BCUT2D eigenvalue weighted by Gasteiger charge is 2.27. The molecular formula is C22H23FN4O2. The minimum Gasteiger partial charge on any atom is -0.484 e. The number of aromatic nitrogens is 3. The molecule has 0 aliphatic carbocycles. The molecule has 0 bridgehead atoms. The number of hydrogen-bond donors (Lipinski definition) is 0. The Morgan fingerprint density at radius 1 is 1.24 bits per heavy atom. The fourth-order valence-corrected chi connectivity index (χ4v) is 3.77. The molecule has 29 heavy (non-hydrogen) atoms. The van der Waals surface area contributed by atoms with Crippen molar-refractivity contribution in [3.05, 3.63) is 66.5 Å². The number of carbonyl (C=O) groups excluding carboxylic acids is 1. The van der Waals surface area contributed by atoms with Crippen molar-refractivity contribution in [2.75, 3.05) is 19.7 Å². The van der Waals surface area contributed by atoms with Crippen molar-refractivity contribution in [3.63, 3.8) is 0 Å². The smallest absolute Gasteiger partial charge is 0.260 e. The van der Waals surface area contributed by atoms with Gasteiger partial charge in [0.15, 0.2) is 6.61 Å². The molecule has 1 unspecified atom stereocenters. The first-order chi connectivity index (χ1) is 14.1. The lowest BCUT2D eigenvalue weighted by atomic mass is 10.0. The molecule has 3 heterocycles. The molecule has 0 spiro atoms. The number of amides is 1. The van der Waals surface area contributed by atoms with Crippen LogP contribution in [0.5, 0.6) is 5.75 Å². The lowest BCUT2D eigenvalue weighted by Gasteiger charge is -2.34. The van der Waals surface area contributed by atoms with Crippen molar-refractivity contribution in [3.8, 4) is 17.1 Å². The normalized spacial score (nSPS) is 16.6. The number of rotatable bonds is 5. The zero-order chi connectivity index (χ0) is 20.2. The molecule has 3 aromatic rings. The zero-order valence-corrected chi connectivity index (χ0v) is 16.3. The van der Waals surface area contributed by atoms with E-state index in [0.29, 0.717) is 18.8 Å². The predicted molar refractivity (Wildman–Crippen MR) is 107 cm³/mol. The largest absolute Gasteiger partial charge is 0.484 e. The van der Waals surface area contributed by atoms with E-state index in [1.165, 1.54) is 24.3 Å². The summed E-state index contributed by atoms with van der Waals surface area (Å²) in [5.41, 5.74) is 2.02. The topological polar surface area (TPSA) is 60.2 Å². The van der Waals surface area contributed by atoms with Gasteiger partial charge in [0.2, 0.25) is 0 Å². The molecule has 1 aliphatic heterocycles. The van der Waals surface area contributed by atoms with E-state index in [-0.39, 0.29) is 24.4 Å². The molecule has 1 fully saturated rings. The van der Waals surface area contributed by atoms with Gasteiger partial charge in [0.1, 0.15) is 17.4 Å². The average Bonchev–Trinajstić information content (AvgIpc) is 3.15. The monoisotopic (exact) mass is 394 g/mol. The average molecular weight is 394 g/mol. The number of hydrogen-bond acceptors (Lipinski definition) is 4. The van der Waals surface area contributed by atoms with E-state index in [4.69, 9.17) is 4.74 Å². The van der Waals surface area contributed by atoms with Crippen molar-refractivity contribution >= 4 is 5.91 Å². The van der Waals surface area contributed by atoms with Gasteiger partial charge in [-0.1, -0.05) is 0 Å². The summed E-state index contributed by atoms with van der Waals surface area (Å²) >= 11 is 0. The van der Waals surface area contributed by atoms with E-state index >= 15 is 0 Å². The Kier molecular flexibility index (Phi) is 5.55. The quantitative estimate of drug-likeness (QED) is 0.663. The van der Waals surface area contributed by atoms with Gasteiger partial charge in [0.05, 0.1) is 6.04 Å². The summed E-state index contributed by atoms with van der Waals surface area (Å²) in [6.07, 6.45) is 7.30. The number of piperidine rings is 1. The Labute approximate surface area is 169 Å². The van der Waals surface area contributed by atoms with Crippen LogP contribution < -0.4 is 4.74 Å². The molecule has 0 N–H and O–H groups in total. The maximum Gasteiger partial charge on any atom is 0.260 e. The van der Waals surface area contributed by atoms with Gasteiger partial charge in [0, 0.05) is 42.9 Å². The van der Waals surface area contributed by atoms with Crippen molar-refractivity contribution in [1.29, 1.82) is 0 Å². The summed E-state index contributed by atoms with van der Waals surface area (Å²) in [5, 5.41) is 0. The molecule has 150 valence electrons. The van der Waals surface area contributed by atoms with Crippen LogP contribution in [-0.4, -0.2) is 45.0 Å². The van der Waals surface area contributed by atoms with Crippen LogP contribution in [0.1, 0.15) is 24.6 Å². The molecule has 0 saturated carbocycles. The Bertz CT molecular complexity index is 972. The van der Waals surface area contributed by atoms with Gasteiger partial charge >= 0.3 is 0 Å². The number of ether oxygens (including phenoxy) is 1. The van der Waals surface area contributed by atoms with Crippen molar-refractivity contribution in [2.24, 2.45) is 0 Å². The number of likely N-dealkylation sites (tertiary alicyclic amines) is 1. The lowest BCUT2D eigenvalue weighted by molar-refractivity contribution is -0.135. The van der Waals surface area contributed by atoms with Crippen LogP contribution in [0.2, 0.25) is 0 Å². The highest BCUT2D eigenvalue weighted by atomic mass is 19.1. The van der Waals surface area contributed by atoms with Gasteiger partial charge < -0.3 is 14.2 Å². The second kappa shape index (κ2) is 8.43. The van der Waals surface area contributed by atoms with Crippen molar-refractivity contribution < 1.29 is 13.9 Å². The van der Waals surface area contributed by atoms with E-state index in [0.717, 1.165) is 29.9 Å². The Morgan fingerprint density at radius 3 is 2.83 bits per heavy atom. The van der Waals surface area contributed by atoms with Gasteiger partial charge in [-0.2, -0.15) is 0 Å². The third-order valence-corrected chi connectivity index (χ3v) is 5.19. The number of benzene rings is 1. The molecule has 1 saturated heterocycles. The van der Waals surface area contributed by atoms with E-state index in [9.17, 15) is 9.18 Å². The number of nitrogens with zero attached hydrogens (tertiary/aromatic N) is 4. The van der Waals surface area contributed by atoms with Gasteiger partial charge in [-0.3, -0.25) is 9.78 Å². The van der Waals surface area contributed by atoms with Crippen LogP contribution in [-0.2, 0) is 4.79 Å². The van der Waals surface area contributed by atoms with Crippen LogP contribution in [0, 0.1) is 12.7 Å². The number of carbonyl (C=O) groups is 1. The van der Waals surface area contributed by atoms with Crippen LogP contribution in [0.25, 0.3) is 11.4 Å². The Morgan fingerprint density at radius 2 is 2.07 bits per heavy atom. The fourth-order valence-electron chi connectivity index (χ4n) is 3.77. The minimum atomic E-state index is -0.331. The molecule has 0 radical (unpaired) electrons. The fraction of sp³-hybridized carbons (Fsp3) is 0.318. The zero-order valence-electron chi connectivity index (χ0n) is 16.3. The van der Waals surface area contributed by atoms with E-state index in [1.54, 1.807) is 12.4 Å². The summed E-state index contributed by atoms with van der Waals surface area (Å²) in [6.45, 7) is 3.29. The molecule has 2 aromatic heterocycles. The predicted octanol–water partition coefficient (Wildman–Crippen LogP) is 3.64. The highest BCUT2D eigenvalue weighted by Crippen LogP contribution is 2.29.